The van der Waals surface area contributed by atoms with Crippen molar-refractivity contribution >= 4 is 56.6 Å². The van der Waals surface area contributed by atoms with Crippen molar-refractivity contribution in [2.24, 2.45) is 11.8 Å². The number of nitrogens with zero attached hydrogens (tertiary/aromatic N) is 2. The summed E-state index contributed by atoms with van der Waals surface area (Å²) in [7, 11) is 2.20. The molecule has 1 atom stereocenters. The number of nitrogens with one attached hydrogen (secondary N) is 1. The second kappa shape index (κ2) is 10.8. The molecule has 2 aliphatic heterocycles. The summed E-state index contributed by atoms with van der Waals surface area (Å²) in [4.78, 5) is 31.2. The summed E-state index contributed by atoms with van der Waals surface area (Å²) < 4.78 is 0.978. The van der Waals surface area contributed by atoms with E-state index in [2.05, 4.69) is 17.3 Å². The monoisotopic (exact) mass is 493 g/mol. The summed E-state index contributed by atoms with van der Waals surface area (Å²) in [6.45, 7) is 3.99. The number of benzene rings is 1. The second-order valence-corrected chi connectivity index (χ2v) is 11.5. The van der Waals surface area contributed by atoms with Gasteiger partial charge in [0.05, 0.1) is 4.88 Å². The number of thiophene rings is 1. The second-order valence-electron chi connectivity index (χ2n) is 9.08. The van der Waals surface area contributed by atoms with Crippen LogP contribution in [-0.2, 0) is 4.79 Å². The van der Waals surface area contributed by atoms with E-state index >= 15 is 0 Å². The first kappa shape index (κ1) is 23.9. The first-order chi connectivity index (χ1) is 15.4. The molecule has 2 aromatic rings. The largest absolute Gasteiger partial charge is 0.341 e. The third-order valence-electron chi connectivity index (χ3n) is 6.92. The Balaban J connectivity index is 1.35. The molecule has 3 heterocycles. The lowest BCUT2D eigenvalue weighted by Gasteiger charge is -2.40. The lowest BCUT2D eigenvalue weighted by atomic mass is 9.79. The van der Waals surface area contributed by atoms with Crippen LogP contribution < -0.4 is 5.32 Å². The lowest BCUT2D eigenvalue weighted by Crippen LogP contribution is -2.52. The van der Waals surface area contributed by atoms with Gasteiger partial charge in [-0.2, -0.15) is 11.8 Å². The number of fused-ring (bicyclic) bond motifs is 1. The zero-order valence-corrected chi connectivity index (χ0v) is 21.2. The molecule has 0 spiro atoms. The smallest absolute Gasteiger partial charge is 0.262 e. The van der Waals surface area contributed by atoms with E-state index in [4.69, 9.17) is 11.6 Å². The fraction of sp³-hybridized carbons (Fsp3) is 0.583. The highest BCUT2D eigenvalue weighted by atomic mass is 35.5. The third-order valence-corrected chi connectivity index (χ3v) is 8.92. The van der Waals surface area contributed by atoms with Crippen LogP contribution in [0, 0.1) is 11.8 Å². The molecule has 4 rings (SSSR count). The Labute approximate surface area is 203 Å². The Kier molecular flexibility index (Phi) is 8.03. The minimum atomic E-state index is -0.494. The maximum atomic E-state index is 13.3. The van der Waals surface area contributed by atoms with Gasteiger partial charge in [-0.15, -0.1) is 11.3 Å². The number of likely N-dealkylation sites (tertiary alicyclic amines) is 2. The Hall–Kier alpha value is -1.28. The molecule has 0 radical (unpaired) electrons. The number of rotatable bonds is 6. The molecular weight excluding hydrogens is 462 g/mol. The van der Waals surface area contributed by atoms with E-state index in [1.165, 1.54) is 37.3 Å². The predicted octanol–water partition coefficient (Wildman–Crippen LogP) is 4.60. The fourth-order valence-electron chi connectivity index (χ4n) is 5.00. The summed E-state index contributed by atoms with van der Waals surface area (Å²) in [5.41, 5.74) is 0. The maximum Gasteiger partial charge on any atom is 0.262 e. The first-order valence-corrected chi connectivity index (χ1v) is 14.0. The van der Waals surface area contributed by atoms with Gasteiger partial charge in [-0.05, 0) is 87.5 Å². The van der Waals surface area contributed by atoms with Gasteiger partial charge in [-0.25, -0.2) is 0 Å². The zero-order chi connectivity index (χ0) is 22.7. The molecule has 8 heteroatoms. The molecule has 2 saturated heterocycles. The van der Waals surface area contributed by atoms with Crippen molar-refractivity contribution in [3.63, 3.8) is 0 Å². The highest BCUT2D eigenvalue weighted by Crippen LogP contribution is 2.32. The molecule has 2 fully saturated rings. The predicted molar refractivity (Wildman–Crippen MR) is 136 cm³/mol. The van der Waals surface area contributed by atoms with Crippen LogP contribution in [0.4, 0.5) is 0 Å². The van der Waals surface area contributed by atoms with Gasteiger partial charge in [-0.3, -0.25) is 9.59 Å². The molecule has 0 aliphatic carbocycles. The molecular formula is C24H32ClN3O2S2. The quantitative estimate of drug-likeness (QED) is 0.639. The first-order valence-electron chi connectivity index (χ1n) is 11.4. The van der Waals surface area contributed by atoms with Crippen LogP contribution in [0.2, 0.25) is 5.02 Å². The number of hydrogen-bond acceptors (Lipinski definition) is 5. The topological polar surface area (TPSA) is 52.7 Å². The van der Waals surface area contributed by atoms with E-state index in [0.29, 0.717) is 15.7 Å². The van der Waals surface area contributed by atoms with Crippen LogP contribution in [0.1, 0.15) is 35.4 Å². The number of amides is 2. The summed E-state index contributed by atoms with van der Waals surface area (Å²) in [5, 5.41) is 4.66. The van der Waals surface area contributed by atoms with Gasteiger partial charge in [-0.1, -0.05) is 17.7 Å². The number of thioether (sulfide) groups is 1. The van der Waals surface area contributed by atoms with Crippen molar-refractivity contribution in [2.75, 3.05) is 45.2 Å². The molecule has 174 valence electrons. The van der Waals surface area contributed by atoms with Gasteiger partial charge in [0.1, 0.15) is 6.04 Å². The van der Waals surface area contributed by atoms with Gasteiger partial charge in [0.15, 0.2) is 0 Å². The summed E-state index contributed by atoms with van der Waals surface area (Å²) in [5.74, 6) is 1.98. The maximum absolute atomic E-state index is 13.3. The molecule has 0 saturated carbocycles. The van der Waals surface area contributed by atoms with Crippen LogP contribution in [0.5, 0.6) is 0 Å². The highest BCUT2D eigenvalue weighted by Gasteiger charge is 2.33. The number of carbonyl (C=O) groups is 2. The zero-order valence-electron chi connectivity index (χ0n) is 18.8. The highest BCUT2D eigenvalue weighted by molar-refractivity contribution is 7.98. The Morgan fingerprint density at radius 1 is 1.12 bits per heavy atom. The molecule has 1 aromatic carbocycles. The van der Waals surface area contributed by atoms with Crippen LogP contribution in [0.15, 0.2) is 24.3 Å². The molecule has 2 aliphatic rings. The Morgan fingerprint density at radius 3 is 2.44 bits per heavy atom. The van der Waals surface area contributed by atoms with Crippen molar-refractivity contribution in [2.45, 2.75) is 31.7 Å². The molecule has 1 N–H and O–H groups in total. The van der Waals surface area contributed by atoms with Gasteiger partial charge < -0.3 is 15.1 Å². The standard InChI is InChI=1S/C24H32ClN3O2S2/c1-27-9-5-16(6-10-27)17-7-11-28(12-8-17)24(30)20(15-31-2)26-23(29)22-13-18-3-4-19(25)14-21(18)32-22/h3-4,13-14,16-17,20H,5-12,15H2,1-2H3,(H,26,29)/t20-/m1/s1. The van der Waals surface area contributed by atoms with Crippen molar-refractivity contribution in [1.29, 1.82) is 0 Å². The van der Waals surface area contributed by atoms with Crippen LogP contribution in [-0.4, -0.2) is 72.9 Å². The van der Waals surface area contributed by atoms with Gasteiger partial charge in [0.25, 0.3) is 5.91 Å². The van der Waals surface area contributed by atoms with E-state index in [0.717, 1.165) is 47.9 Å². The van der Waals surface area contributed by atoms with E-state index in [1.807, 2.05) is 35.4 Å². The molecule has 0 unspecified atom stereocenters. The van der Waals surface area contributed by atoms with Gasteiger partial charge in [0, 0.05) is 28.6 Å². The van der Waals surface area contributed by atoms with E-state index < -0.39 is 6.04 Å². The van der Waals surface area contributed by atoms with Crippen molar-refractivity contribution < 1.29 is 9.59 Å². The van der Waals surface area contributed by atoms with Gasteiger partial charge in [0.2, 0.25) is 5.91 Å². The lowest BCUT2D eigenvalue weighted by molar-refractivity contribution is -0.134. The summed E-state index contributed by atoms with van der Waals surface area (Å²) in [6, 6.07) is 7.00. The SMILES string of the molecule is CSC[C@@H](NC(=O)c1cc2ccc(Cl)cc2s1)C(=O)N1CCC(C2CCN(C)CC2)CC1. The van der Waals surface area contributed by atoms with Crippen LogP contribution >= 0.6 is 34.7 Å². The average Bonchev–Trinajstić information content (AvgIpc) is 3.22. The number of piperidine rings is 2. The third kappa shape index (κ3) is 5.61. The molecule has 32 heavy (non-hydrogen) atoms. The summed E-state index contributed by atoms with van der Waals surface area (Å²) >= 11 is 9.08. The number of halogens is 1. The molecule has 0 bridgehead atoms. The minimum Gasteiger partial charge on any atom is -0.341 e. The normalized spacial score (nSPS) is 19.9. The Morgan fingerprint density at radius 2 is 1.78 bits per heavy atom. The molecule has 1 aromatic heterocycles. The van der Waals surface area contributed by atoms with Gasteiger partial charge >= 0.3 is 0 Å². The van der Waals surface area contributed by atoms with E-state index in [1.54, 1.807) is 11.8 Å². The average molecular weight is 494 g/mol. The number of hydrogen-bond donors (Lipinski definition) is 1. The van der Waals surface area contributed by atoms with E-state index in [-0.39, 0.29) is 11.8 Å². The molecule has 2 amide bonds. The van der Waals surface area contributed by atoms with Crippen molar-refractivity contribution in [1.82, 2.24) is 15.1 Å². The molecule has 5 nitrogen and oxygen atoms in total. The Bertz CT molecular complexity index is 950. The van der Waals surface area contributed by atoms with Crippen molar-refractivity contribution in [3.8, 4) is 0 Å². The summed E-state index contributed by atoms with van der Waals surface area (Å²) in [6.07, 6.45) is 6.69. The van der Waals surface area contributed by atoms with Crippen LogP contribution in [0.25, 0.3) is 10.1 Å². The van der Waals surface area contributed by atoms with Crippen molar-refractivity contribution in [3.05, 3.63) is 34.2 Å². The number of carbonyl (C=O) groups excluding carboxylic acids is 2. The van der Waals surface area contributed by atoms with Crippen LogP contribution in [0.3, 0.4) is 0 Å². The fourth-order valence-corrected chi connectivity index (χ4v) is 6.80. The van der Waals surface area contributed by atoms with E-state index in [9.17, 15) is 9.59 Å². The minimum absolute atomic E-state index is 0.0543.